The van der Waals surface area contributed by atoms with Gasteiger partial charge in [0.05, 0.1) is 21.2 Å². The maximum atomic E-state index is 6.98. The van der Waals surface area contributed by atoms with Gasteiger partial charge >= 0.3 is 0 Å². The molecule has 3 heterocycles. The summed E-state index contributed by atoms with van der Waals surface area (Å²) >= 11 is 1.67. The van der Waals surface area contributed by atoms with Crippen LogP contribution in [0.25, 0.3) is 98.4 Å². The van der Waals surface area contributed by atoms with Crippen LogP contribution < -0.4 is 0 Å². The number of hydrogen-bond acceptors (Lipinski definition) is 6. The van der Waals surface area contributed by atoms with E-state index in [1.54, 1.807) is 11.3 Å². The number of thiazole rings is 1. The summed E-state index contributed by atoms with van der Waals surface area (Å²) in [7, 11) is 0. The molecule has 0 aliphatic heterocycles. The van der Waals surface area contributed by atoms with Gasteiger partial charge in [-0.05, 0) is 34.4 Å². The van der Waals surface area contributed by atoms with E-state index in [1.165, 1.54) is 10.8 Å². The fourth-order valence-corrected chi connectivity index (χ4v) is 7.69. The molecule has 10 aromatic rings. The normalized spacial score (nSPS) is 11.8. The molecule has 6 heteroatoms. The van der Waals surface area contributed by atoms with E-state index >= 15 is 0 Å². The fraction of sp³-hybridized carbons (Fsp3) is 0. The van der Waals surface area contributed by atoms with E-state index in [9.17, 15) is 0 Å². The Morgan fingerprint density at radius 2 is 1.02 bits per heavy atom. The van der Waals surface area contributed by atoms with Crippen LogP contribution in [0.3, 0.4) is 0 Å². The van der Waals surface area contributed by atoms with Gasteiger partial charge in [0, 0.05) is 27.5 Å². The minimum absolute atomic E-state index is 0.554. The molecule has 0 bridgehead atoms. The number of rotatable bonds is 4. The number of benzene rings is 7. The molecule has 7 aromatic carbocycles. The first-order valence-corrected chi connectivity index (χ1v) is 16.6. The van der Waals surface area contributed by atoms with E-state index in [-0.39, 0.29) is 0 Å². The topological polar surface area (TPSA) is 64.7 Å². The van der Waals surface area contributed by atoms with Crippen molar-refractivity contribution in [1.29, 1.82) is 0 Å². The second-order valence-electron chi connectivity index (χ2n) is 11.8. The third-order valence-electron chi connectivity index (χ3n) is 8.95. The van der Waals surface area contributed by atoms with Gasteiger partial charge < -0.3 is 4.42 Å². The predicted octanol–water partition coefficient (Wildman–Crippen LogP) is 11.4. The average Bonchev–Trinajstić information content (AvgIpc) is 3.77. The van der Waals surface area contributed by atoms with Crippen molar-refractivity contribution in [2.75, 3.05) is 0 Å². The maximum Gasteiger partial charge on any atom is 0.167 e. The summed E-state index contributed by atoms with van der Waals surface area (Å²) in [5.41, 5.74) is 6.18. The third kappa shape index (κ3) is 4.24. The van der Waals surface area contributed by atoms with Crippen molar-refractivity contribution < 1.29 is 4.42 Å². The van der Waals surface area contributed by atoms with Crippen molar-refractivity contribution in [3.8, 4) is 44.7 Å². The van der Waals surface area contributed by atoms with Crippen LogP contribution in [0.1, 0.15) is 0 Å². The largest absolute Gasteiger partial charge is 0.455 e. The van der Waals surface area contributed by atoms with Gasteiger partial charge in [0.25, 0.3) is 0 Å². The lowest BCUT2D eigenvalue weighted by Crippen LogP contribution is -2.00. The van der Waals surface area contributed by atoms with Gasteiger partial charge in [0.1, 0.15) is 16.2 Å². The lowest BCUT2D eigenvalue weighted by Gasteiger charge is -2.09. The van der Waals surface area contributed by atoms with E-state index in [1.807, 2.05) is 78.9 Å². The summed E-state index contributed by atoms with van der Waals surface area (Å²) in [5, 5.41) is 7.54. The molecular formula is C42H24N4OS. The molecule has 3 aromatic heterocycles. The first-order chi connectivity index (χ1) is 23.8. The molecule has 0 radical (unpaired) electrons. The monoisotopic (exact) mass is 632 g/mol. The maximum absolute atomic E-state index is 6.98. The lowest BCUT2D eigenvalue weighted by molar-refractivity contribution is 0.673. The average molecular weight is 633 g/mol. The Morgan fingerprint density at radius 1 is 0.438 bits per heavy atom. The van der Waals surface area contributed by atoms with Gasteiger partial charge in [0.2, 0.25) is 0 Å². The van der Waals surface area contributed by atoms with Crippen molar-refractivity contribution >= 4 is 65.0 Å². The van der Waals surface area contributed by atoms with Crippen molar-refractivity contribution in [2.45, 2.75) is 0 Å². The molecule has 5 nitrogen and oxygen atoms in total. The summed E-state index contributed by atoms with van der Waals surface area (Å²) in [6.45, 7) is 0. The molecule has 0 unspecified atom stereocenters. The van der Waals surface area contributed by atoms with Crippen LogP contribution in [0.2, 0.25) is 0 Å². The molecule has 0 atom stereocenters. The fourth-order valence-electron chi connectivity index (χ4n) is 6.67. The molecule has 0 fully saturated rings. The van der Waals surface area contributed by atoms with E-state index < -0.39 is 0 Å². The van der Waals surface area contributed by atoms with Crippen LogP contribution in [0, 0.1) is 0 Å². The Morgan fingerprint density at radius 3 is 1.73 bits per heavy atom. The minimum Gasteiger partial charge on any atom is -0.455 e. The van der Waals surface area contributed by atoms with Crippen LogP contribution in [0.15, 0.2) is 150 Å². The number of hydrogen-bond donors (Lipinski definition) is 0. The van der Waals surface area contributed by atoms with Gasteiger partial charge in [-0.3, -0.25) is 0 Å². The smallest absolute Gasteiger partial charge is 0.167 e. The zero-order valence-electron chi connectivity index (χ0n) is 25.5. The van der Waals surface area contributed by atoms with E-state index in [4.69, 9.17) is 24.4 Å². The quantitative estimate of drug-likeness (QED) is 0.181. The Kier molecular flexibility index (Phi) is 5.98. The molecule has 0 saturated heterocycles. The molecule has 0 aliphatic carbocycles. The molecule has 48 heavy (non-hydrogen) atoms. The SMILES string of the molecule is c1ccc(-c2nc(-c3ccccc3)nc(-c3cc4sc(-c5ccccc5)nc4c4c3oc3c5ccc6ccccc6c5ccc34)n2)cc1. The molecule has 0 amide bonds. The van der Waals surface area contributed by atoms with E-state index in [0.717, 1.165) is 64.6 Å². The number of aromatic nitrogens is 4. The summed E-state index contributed by atoms with van der Waals surface area (Å²) < 4.78 is 8.02. The van der Waals surface area contributed by atoms with Crippen LogP contribution in [0.4, 0.5) is 0 Å². The molecule has 0 saturated carbocycles. The second kappa shape index (κ2) is 10.7. The Balaban J connectivity index is 1.32. The van der Waals surface area contributed by atoms with Crippen LogP contribution >= 0.6 is 11.3 Å². The molecule has 0 spiro atoms. The summed E-state index contributed by atoms with van der Waals surface area (Å²) in [6, 6.07) is 49.8. The minimum atomic E-state index is 0.554. The number of furan rings is 1. The highest BCUT2D eigenvalue weighted by Crippen LogP contribution is 2.45. The summed E-state index contributed by atoms with van der Waals surface area (Å²) in [4.78, 5) is 20.4. The second-order valence-corrected chi connectivity index (χ2v) is 12.9. The van der Waals surface area contributed by atoms with Gasteiger partial charge in [-0.2, -0.15) is 0 Å². The van der Waals surface area contributed by atoms with Gasteiger partial charge in [-0.15, -0.1) is 11.3 Å². The summed E-state index contributed by atoms with van der Waals surface area (Å²) in [5.74, 6) is 1.77. The Labute approximate surface area is 278 Å². The zero-order chi connectivity index (χ0) is 31.6. The molecule has 0 aliphatic rings. The van der Waals surface area contributed by atoms with Crippen LogP contribution in [0.5, 0.6) is 0 Å². The molecular weight excluding hydrogens is 609 g/mol. The number of nitrogens with zero attached hydrogens (tertiary/aromatic N) is 4. The standard InChI is InChI=1S/C42H24N4OS/c1-4-13-26(14-5-1)39-44-40(27-15-6-2-7-16-27)46-41(45-39)33-24-34-36(43-42(48-34)28-17-8-3-9-18-28)35-32-23-22-30-29-19-11-10-12-25(29)20-21-31(30)37(32)47-38(33)35/h1-24H. The van der Waals surface area contributed by atoms with Crippen molar-refractivity contribution in [1.82, 2.24) is 19.9 Å². The van der Waals surface area contributed by atoms with Crippen LogP contribution in [-0.4, -0.2) is 19.9 Å². The van der Waals surface area contributed by atoms with Gasteiger partial charge in [-0.1, -0.05) is 127 Å². The van der Waals surface area contributed by atoms with Crippen LogP contribution in [-0.2, 0) is 0 Å². The number of fused-ring (bicyclic) bond motifs is 9. The zero-order valence-corrected chi connectivity index (χ0v) is 26.3. The van der Waals surface area contributed by atoms with Gasteiger partial charge in [0.15, 0.2) is 17.5 Å². The summed E-state index contributed by atoms with van der Waals surface area (Å²) in [6.07, 6.45) is 0. The predicted molar refractivity (Wildman–Crippen MR) is 197 cm³/mol. The Bertz CT molecular complexity index is 2770. The van der Waals surface area contributed by atoms with Crippen molar-refractivity contribution in [2.24, 2.45) is 0 Å². The first-order valence-electron chi connectivity index (χ1n) is 15.8. The molecule has 224 valence electrons. The van der Waals surface area contributed by atoms with Gasteiger partial charge in [-0.25, -0.2) is 19.9 Å². The highest BCUT2D eigenvalue weighted by Gasteiger charge is 2.23. The first kappa shape index (κ1) is 26.9. The van der Waals surface area contributed by atoms with Crippen molar-refractivity contribution in [3.05, 3.63) is 146 Å². The molecule has 10 rings (SSSR count). The van der Waals surface area contributed by atoms with E-state index in [0.29, 0.717) is 23.1 Å². The highest BCUT2D eigenvalue weighted by atomic mass is 32.1. The Hall–Kier alpha value is -6.24. The lowest BCUT2D eigenvalue weighted by atomic mass is 9.99. The highest BCUT2D eigenvalue weighted by molar-refractivity contribution is 7.21. The van der Waals surface area contributed by atoms with E-state index in [2.05, 4.69) is 66.7 Å². The third-order valence-corrected chi connectivity index (χ3v) is 10.00. The van der Waals surface area contributed by atoms with Crippen molar-refractivity contribution in [3.63, 3.8) is 0 Å². The molecule has 0 N–H and O–H groups in total.